The topological polar surface area (TPSA) is 21.3 Å². The van der Waals surface area contributed by atoms with Gasteiger partial charge >= 0.3 is 0 Å². The normalized spacial score (nSPS) is 22.9. The van der Waals surface area contributed by atoms with Gasteiger partial charge in [0.2, 0.25) is 0 Å². The van der Waals surface area contributed by atoms with E-state index in [0.717, 1.165) is 24.8 Å². The Balaban J connectivity index is 2.17. The molecular weight excluding hydrogens is 222 g/mol. The fraction of sp³-hybridized carbons (Fsp3) is 0.625. The highest BCUT2D eigenvalue weighted by molar-refractivity contribution is 5.39. The van der Waals surface area contributed by atoms with E-state index in [-0.39, 0.29) is 0 Å². The lowest BCUT2D eigenvalue weighted by Gasteiger charge is -2.33. The zero-order valence-corrected chi connectivity index (χ0v) is 12.0. The maximum absolute atomic E-state index is 5.57. The van der Waals surface area contributed by atoms with Crippen LogP contribution in [0, 0.1) is 5.92 Å². The monoisotopic (exact) mass is 247 g/mol. The van der Waals surface area contributed by atoms with Crippen LogP contribution in [0.15, 0.2) is 18.2 Å². The maximum atomic E-state index is 5.57. The van der Waals surface area contributed by atoms with Crippen LogP contribution in [0.5, 0.6) is 5.75 Å². The Bertz CT molecular complexity index is 400. The smallest absolute Gasteiger partial charge is 0.119 e. The summed E-state index contributed by atoms with van der Waals surface area (Å²) in [5.74, 6) is 2.33. The molecule has 2 nitrogen and oxygen atoms in total. The first-order chi connectivity index (χ1) is 8.61. The van der Waals surface area contributed by atoms with Gasteiger partial charge in [0.1, 0.15) is 5.75 Å². The van der Waals surface area contributed by atoms with Gasteiger partial charge in [-0.1, -0.05) is 26.8 Å². The third-order valence-corrected chi connectivity index (χ3v) is 3.80. The first-order valence-electron chi connectivity index (χ1n) is 7.10. The molecule has 100 valence electrons. The molecule has 0 aliphatic carbocycles. The largest absolute Gasteiger partial charge is 0.494 e. The predicted molar refractivity (Wildman–Crippen MR) is 76.1 cm³/mol. The number of benzene rings is 1. The van der Waals surface area contributed by atoms with Crippen molar-refractivity contribution < 1.29 is 4.74 Å². The molecule has 0 bridgehead atoms. The molecule has 1 aliphatic rings. The van der Waals surface area contributed by atoms with Crippen LogP contribution < -0.4 is 10.1 Å². The molecule has 0 aromatic heterocycles. The molecule has 2 atom stereocenters. The number of rotatable bonds is 4. The Morgan fingerprint density at radius 2 is 2.17 bits per heavy atom. The van der Waals surface area contributed by atoms with Gasteiger partial charge in [-0.3, -0.25) is 0 Å². The summed E-state index contributed by atoms with van der Waals surface area (Å²) in [6.07, 6.45) is 1.24. The zero-order valence-electron chi connectivity index (χ0n) is 12.0. The molecule has 18 heavy (non-hydrogen) atoms. The lowest BCUT2D eigenvalue weighted by molar-refractivity contribution is 0.334. The minimum absolute atomic E-state index is 0.590. The van der Waals surface area contributed by atoms with Crippen molar-refractivity contribution in [3.05, 3.63) is 29.3 Å². The fourth-order valence-corrected chi connectivity index (χ4v) is 2.87. The van der Waals surface area contributed by atoms with E-state index in [4.69, 9.17) is 4.74 Å². The molecule has 0 radical (unpaired) electrons. The van der Waals surface area contributed by atoms with E-state index in [1.165, 1.54) is 17.5 Å². The number of ether oxygens (including phenoxy) is 1. The van der Waals surface area contributed by atoms with E-state index in [9.17, 15) is 0 Å². The number of hydrogen-bond acceptors (Lipinski definition) is 2. The highest BCUT2D eigenvalue weighted by Gasteiger charge is 2.26. The lowest BCUT2D eigenvalue weighted by atomic mass is 9.82. The zero-order chi connectivity index (χ0) is 13.1. The summed E-state index contributed by atoms with van der Waals surface area (Å²) in [4.78, 5) is 0. The van der Waals surface area contributed by atoms with Gasteiger partial charge in [-0.2, -0.15) is 0 Å². The molecule has 1 aromatic rings. The third kappa shape index (κ3) is 2.86. The van der Waals surface area contributed by atoms with Gasteiger partial charge in [-0.05, 0) is 48.4 Å². The van der Waals surface area contributed by atoms with Crippen LogP contribution in [-0.4, -0.2) is 12.6 Å². The molecule has 0 amide bonds. The second kappa shape index (κ2) is 5.75. The molecule has 0 saturated carbocycles. The van der Waals surface area contributed by atoms with Crippen LogP contribution >= 0.6 is 0 Å². The molecule has 1 heterocycles. The Morgan fingerprint density at radius 3 is 2.83 bits per heavy atom. The second-order valence-corrected chi connectivity index (χ2v) is 5.70. The van der Waals surface area contributed by atoms with Crippen molar-refractivity contribution in [3.63, 3.8) is 0 Å². The summed E-state index contributed by atoms with van der Waals surface area (Å²) in [7, 11) is 0. The van der Waals surface area contributed by atoms with Gasteiger partial charge in [0.25, 0.3) is 0 Å². The predicted octanol–water partition coefficient (Wildman–Crippen LogP) is 3.71. The number of nitrogens with one attached hydrogen (secondary N) is 1. The standard InChI is InChI=1S/C16H25NO/c1-5-18-14-6-7-15-12(4)16(8-11(2)3)17-10-13(15)9-14/h6-7,9,11-12,16-17H,5,8,10H2,1-4H3. The molecule has 1 N–H and O–H groups in total. The first-order valence-corrected chi connectivity index (χ1v) is 7.10. The van der Waals surface area contributed by atoms with Crippen molar-refractivity contribution in [1.82, 2.24) is 5.32 Å². The summed E-state index contributed by atoms with van der Waals surface area (Å²) >= 11 is 0. The Kier molecular flexibility index (Phi) is 4.28. The lowest BCUT2D eigenvalue weighted by Crippen LogP contribution is -2.39. The van der Waals surface area contributed by atoms with Gasteiger partial charge in [0.05, 0.1) is 6.61 Å². The summed E-state index contributed by atoms with van der Waals surface area (Å²) in [6.45, 7) is 10.7. The van der Waals surface area contributed by atoms with E-state index in [0.29, 0.717) is 12.0 Å². The van der Waals surface area contributed by atoms with Crippen LogP contribution in [0.25, 0.3) is 0 Å². The van der Waals surface area contributed by atoms with Gasteiger partial charge in [0.15, 0.2) is 0 Å². The van der Waals surface area contributed by atoms with Crippen molar-refractivity contribution in [2.45, 2.75) is 52.6 Å². The quantitative estimate of drug-likeness (QED) is 0.876. The molecule has 0 saturated heterocycles. The van der Waals surface area contributed by atoms with E-state index in [2.05, 4.69) is 44.3 Å². The van der Waals surface area contributed by atoms with Gasteiger partial charge < -0.3 is 10.1 Å². The van der Waals surface area contributed by atoms with Crippen molar-refractivity contribution >= 4 is 0 Å². The van der Waals surface area contributed by atoms with Gasteiger partial charge in [-0.25, -0.2) is 0 Å². The average Bonchev–Trinajstić information content (AvgIpc) is 2.33. The van der Waals surface area contributed by atoms with Crippen LogP contribution in [-0.2, 0) is 6.54 Å². The van der Waals surface area contributed by atoms with E-state index in [1.807, 2.05) is 6.92 Å². The minimum atomic E-state index is 0.590. The summed E-state index contributed by atoms with van der Waals surface area (Å²) in [5, 5.41) is 3.67. The number of hydrogen-bond donors (Lipinski definition) is 1. The Morgan fingerprint density at radius 1 is 1.39 bits per heavy atom. The van der Waals surface area contributed by atoms with Crippen LogP contribution in [0.2, 0.25) is 0 Å². The van der Waals surface area contributed by atoms with E-state index in [1.54, 1.807) is 0 Å². The molecule has 1 aliphatic heterocycles. The molecular formula is C16H25NO. The number of fused-ring (bicyclic) bond motifs is 1. The van der Waals surface area contributed by atoms with E-state index >= 15 is 0 Å². The molecule has 1 aromatic carbocycles. The fourth-order valence-electron chi connectivity index (χ4n) is 2.87. The summed E-state index contributed by atoms with van der Waals surface area (Å²) in [5.41, 5.74) is 2.89. The van der Waals surface area contributed by atoms with Crippen LogP contribution in [0.3, 0.4) is 0 Å². The van der Waals surface area contributed by atoms with Crippen molar-refractivity contribution in [3.8, 4) is 5.75 Å². The highest BCUT2D eigenvalue weighted by atomic mass is 16.5. The minimum Gasteiger partial charge on any atom is -0.494 e. The van der Waals surface area contributed by atoms with Crippen LogP contribution in [0.1, 0.15) is 51.2 Å². The third-order valence-electron chi connectivity index (χ3n) is 3.80. The Hall–Kier alpha value is -1.02. The Labute approximate surface area is 111 Å². The molecule has 2 unspecified atom stereocenters. The molecule has 0 fully saturated rings. The van der Waals surface area contributed by atoms with Crippen LogP contribution in [0.4, 0.5) is 0 Å². The maximum Gasteiger partial charge on any atom is 0.119 e. The SMILES string of the molecule is CCOc1ccc2c(c1)CNC(CC(C)C)C2C. The van der Waals surface area contributed by atoms with Crippen molar-refractivity contribution in [2.24, 2.45) is 5.92 Å². The van der Waals surface area contributed by atoms with Crippen molar-refractivity contribution in [2.75, 3.05) is 6.61 Å². The first kappa shape index (κ1) is 13.4. The second-order valence-electron chi connectivity index (χ2n) is 5.70. The van der Waals surface area contributed by atoms with Gasteiger partial charge in [0, 0.05) is 12.6 Å². The van der Waals surface area contributed by atoms with E-state index < -0.39 is 0 Å². The summed E-state index contributed by atoms with van der Waals surface area (Å²) in [6, 6.07) is 7.15. The average molecular weight is 247 g/mol. The van der Waals surface area contributed by atoms with Gasteiger partial charge in [-0.15, -0.1) is 0 Å². The molecule has 2 rings (SSSR count). The van der Waals surface area contributed by atoms with Crippen molar-refractivity contribution in [1.29, 1.82) is 0 Å². The summed E-state index contributed by atoms with van der Waals surface area (Å²) < 4.78 is 5.57. The highest BCUT2D eigenvalue weighted by Crippen LogP contribution is 2.32. The molecule has 2 heteroatoms. The molecule has 0 spiro atoms.